The predicted molar refractivity (Wildman–Crippen MR) is 150 cm³/mol. The van der Waals surface area contributed by atoms with E-state index in [4.69, 9.17) is 13.9 Å². The zero-order valence-corrected chi connectivity index (χ0v) is 28.0. The Morgan fingerprint density at radius 2 is 1.50 bits per heavy atom. The Morgan fingerprint density at radius 3 is 1.94 bits per heavy atom. The Hall–Kier alpha value is 0.596. The molecule has 0 radical (unpaired) electrons. The minimum atomic E-state index is -2.61. The molecule has 4 nitrogen and oxygen atoms in total. The van der Waals surface area contributed by atoms with Crippen LogP contribution in [0.1, 0.15) is 100 Å². The number of rotatable bonds is 12. The standard InChI is InChI=1S/C16H29O4Si.3C4H9.Sn/c1-10-11(17)9-12(20-21(7,8)15(2,3)4)14-13(10)18-16(5,6)19-14;3*1-3-4-2;/h1,11-14,17H,9H2,2-8H3;3*1,3-4H2,2H3;/t11-,12-,13+,14-;;;;/m0..../s1. The van der Waals surface area contributed by atoms with Crippen LogP contribution in [0.5, 0.6) is 0 Å². The van der Waals surface area contributed by atoms with Gasteiger partial charge in [0.05, 0.1) is 0 Å². The molecule has 0 amide bonds. The van der Waals surface area contributed by atoms with Crippen molar-refractivity contribution in [2.75, 3.05) is 0 Å². The van der Waals surface area contributed by atoms with Gasteiger partial charge in [-0.15, -0.1) is 0 Å². The Morgan fingerprint density at radius 1 is 1.00 bits per heavy atom. The first-order valence-corrected chi connectivity index (χ1v) is 24.8. The Kier molecular flexibility index (Phi) is 11.3. The second-order valence-electron chi connectivity index (χ2n) is 13.0. The van der Waals surface area contributed by atoms with Gasteiger partial charge in [0, 0.05) is 0 Å². The summed E-state index contributed by atoms with van der Waals surface area (Å²) in [5.41, 5.74) is 1.14. The van der Waals surface area contributed by atoms with Crippen LogP contribution < -0.4 is 0 Å². The molecule has 0 aromatic rings. The van der Waals surface area contributed by atoms with Crippen LogP contribution in [-0.2, 0) is 13.9 Å². The predicted octanol–water partition coefficient (Wildman–Crippen LogP) is 7.98. The van der Waals surface area contributed by atoms with E-state index < -0.39 is 38.6 Å². The second-order valence-corrected chi connectivity index (χ2v) is 30.6. The molecule has 34 heavy (non-hydrogen) atoms. The molecule has 0 spiro atoms. The normalized spacial score (nSPS) is 29.0. The number of fused-ring (bicyclic) bond motifs is 1. The van der Waals surface area contributed by atoms with Gasteiger partial charge in [-0.1, -0.05) is 0 Å². The molecule has 2 aliphatic rings. The average molecular weight is 604 g/mol. The minimum absolute atomic E-state index is 0.116. The summed E-state index contributed by atoms with van der Waals surface area (Å²) >= 11 is -2.61. The van der Waals surface area contributed by atoms with E-state index in [9.17, 15) is 5.11 Å². The maximum atomic E-state index is 11.6. The van der Waals surface area contributed by atoms with Crippen molar-refractivity contribution < 1.29 is 19.0 Å². The molecule has 2 rings (SSSR count). The van der Waals surface area contributed by atoms with Gasteiger partial charge in [-0.05, 0) is 0 Å². The van der Waals surface area contributed by atoms with E-state index in [0.717, 1.165) is 5.57 Å². The van der Waals surface area contributed by atoms with Gasteiger partial charge in [0.1, 0.15) is 0 Å². The third-order valence-corrected chi connectivity index (χ3v) is 27.2. The summed E-state index contributed by atoms with van der Waals surface area (Å²) in [4.78, 5) is 0. The molecular formula is C28H56O4SiSn. The second kappa shape index (κ2) is 12.4. The molecule has 0 bridgehead atoms. The van der Waals surface area contributed by atoms with Crippen molar-refractivity contribution in [2.24, 2.45) is 0 Å². The number of ether oxygens (including phenoxy) is 2. The first-order valence-electron chi connectivity index (χ1n) is 14.1. The maximum absolute atomic E-state index is 11.6. The van der Waals surface area contributed by atoms with E-state index in [1.54, 1.807) is 0 Å². The molecule has 0 aromatic heterocycles. The molecule has 4 atom stereocenters. The average Bonchev–Trinajstić information content (AvgIpc) is 3.06. The molecule has 1 heterocycles. The summed E-state index contributed by atoms with van der Waals surface area (Å²) in [7, 11) is -2.00. The summed E-state index contributed by atoms with van der Waals surface area (Å²) in [6.07, 6.45) is 7.40. The zero-order chi connectivity index (χ0) is 25.8. The van der Waals surface area contributed by atoms with Gasteiger partial charge in [0.25, 0.3) is 0 Å². The molecule has 2 fully saturated rings. The van der Waals surface area contributed by atoms with Gasteiger partial charge in [0.2, 0.25) is 0 Å². The topological polar surface area (TPSA) is 47.9 Å². The molecule has 200 valence electrons. The van der Waals surface area contributed by atoms with E-state index in [-0.39, 0.29) is 23.4 Å². The summed E-state index contributed by atoms with van der Waals surface area (Å²) in [5.74, 6) is -0.651. The molecular weight excluding hydrogens is 547 g/mol. The SMILES string of the molecule is CCC[CH2][Sn](/[CH]=C1\[C@H]2OC(C)(C)O[C@H]2[C@@H](O[Si](C)(C)C(C)(C)C)C[C@@H]1O)([CH2]CCC)[CH2]CCC. The fraction of sp³-hybridized carbons (Fsp3) is 0.929. The quantitative estimate of drug-likeness (QED) is 0.230. The third-order valence-electron chi connectivity index (χ3n) is 8.47. The third kappa shape index (κ3) is 7.80. The van der Waals surface area contributed by atoms with Gasteiger partial charge in [0.15, 0.2) is 0 Å². The van der Waals surface area contributed by atoms with E-state index >= 15 is 0 Å². The van der Waals surface area contributed by atoms with Gasteiger partial charge >= 0.3 is 217 Å². The van der Waals surface area contributed by atoms with Crippen molar-refractivity contribution in [1.29, 1.82) is 0 Å². The molecule has 1 saturated heterocycles. The van der Waals surface area contributed by atoms with Crippen LogP contribution in [0.25, 0.3) is 0 Å². The van der Waals surface area contributed by atoms with E-state index in [2.05, 4.69) is 58.7 Å². The van der Waals surface area contributed by atoms with Crippen molar-refractivity contribution >= 4 is 26.7 Å². The van der Waals surface area contributed by atoms with E-state index in [1.165, 1.54) is 51.8 Å². The summed E-state index contributed by atoms with van der Waals surface area (Å²) in [6.45, 7) is 22.4. The van der Waals surface area contributed by atoms with Crippen molar-refractivity contribution in [3.63, 3.8) is 0 Å². The van der Waals surface area contributed by atoms with Crippen molar-refractivity contribution in [3.8, 4) is 0 Å². The first-order chi connectivity index (χ1) is 15.7. The molecule has 0 aromatic carbocycles. The van der Waals surface area contributed by atoms with Crippen LogP contribution >= 0.6 is 0 Å². The van der Waals surface area contributed by atoms with Crippen LogP contribution in [-0.4, -0.2) is 62.0 Å². The van der Waals surface area contributed by atoms with Crippen LogP contribution in [0.4, 0.5) is 0 Å². The summed E-state index contributed by atoms with van der Waals surface area (Å²) < 4.78 is 26.8. The van der Waals surface area contributed by atoms with Gasteiger partial charge < -0.3 is 0 Å². The Labute approximate surface area is 216 Å². The number of hydrogen-bond acceptors (Lipinski definition) is 4. The molecule has 6 heteroatoms. The monoisotopic (exact) mass is 604 g/mol. The summed E-state index contributed by atoms with van der Waals surface area (Å²) in [5, 5.41) is 11.7. The summed E-state index contributed by atoms with van der Waals surface area (Å²) in [6, 6.07) is 0. The van der Waals surface area contributed by atoms with Crippen LogP contribution in [0.15, 0.2) is 9.67 Å². The van der Waals surface area contributed by atoms with Gasteiger partial charge in [-0.2, -0.15) is 0 Å². The fourth-order valence-corrected chi connectivity index (χ4v) is 22.2. The van der Waals surface area contributed by atoms with E-state index in [0.29, 0.717) is 6.42 Å². The molecule has 1 aliphatic carbocycles. The van der Waals surface area contributed by atoms with Crippen molar-refractivity contribution in [2.45, 2.75) is 162 Å². The van der Waals surface area contributed by atoms with Crippen LogP contribution in [0.3, 0.4) is 0 Å². The van der Waals surface area contributed by atoms with Crippen LogP contribution in [0, 0.1) is 0 Å². The number of aliphatic hydroxyl groups is 1. The number of unbranched alkanes of at least 4 members (excludes halogenated alkanes) is 3. The Bertz CT molecular complexity index is 648. The molecule has 1 saturated carbocycles. The van der Waals surface area contributed by atoms with Crippen LogP contribution in [0.2, 0.25) is 31.4 Å². The van der Waals surface area contributed by atoms with Gasteiger partial charge in [-0.25, -0.2) is 0 Å². The molecule has 1 aliphatic heterocycles. The fourth-order valence-electron chi connectivity index (χ4n) is 5.38. The molecule has 1 N–H and O–H groups in total. The van der Waals surface area contributed by atoms with Crippen molar-refractivity contribution in [3.05, 3.63) is 9.67 Å². The molecule has 0 unspecified atom stereocenters. The first kappa shape index (κ1) is 30.8. The van der Waals surface area contributed by atoms with Crippen molar-refractivity contribution in [1.82, 2.24) is 0 Å². The Balaban J connectivity index is 2.45. The van der Waals surface area contributed by atoms with E-state index in [1.807, 2.05) is 13.8 Å². The van der Waals surface area contributed by atoms with Gasteiger partial charge in [-0.3, -0.25) is 0 Å². The zero-order valence-electron chi connectivity index (χ0n) is 24.1. The number of aliphatic hydroxyl groups excluding tert-OH is 1. The number of hydrogen-bond donors (Lipinski definition) is 1.